The van der Waals surface area contributed by atoms with Crippen molar-refractivity contribution in [2.75, 3.05) is 0 Å². The van der Waals surface area contributed by atoms with Crippen LogP contribution in [-0.4, -0.2) is 24.5 Å². The summed E-state index contributed by atoms with van der Waals surface area (Å²) in [4.78, 5) is 0. The van der Waals surface area contributed by atoms with Gasteiger partial charge in [0, 0.05) is 18.9 Å². The number of aryl methyl sites for hydroxylation is 1. The van der Waals surface area contributed by atoms with Gasteiger partial charge < -0.3 is 0 Å². The minimum atomic E-state index is 0.747. The Morgan fingerprint density at radius 1 is 1.06 bits per heavy atom. The molecule has 2 aromatic heterocycles. The van der Waals surface area contributed by atoms with Crippen LogP contribution in [0, 0.1) is 0 Å². The van der Waals surface area contributed by atoms with E-state index in [9.17, 15) is 0 Å². The first-order valence-corrected chi connectivity index (χ1v) is 5.30. The average Bonchev–Trinajstić information content (AvgIpc) is 2.98. The van der Waals surface area contributed by atoms with Gasteiger partial charge >= 0.3 is 0 Å². The van der Waals surface area contributed by atoms with Gasteiger partial charge in [0.15, 0.2) is 5.82 Å². The number of aromatic nitrogens is 5. The van der Waals surface area contributed by atoms with Gasteiger partial charge in [0.05, 0.1) is 0 Å². The third-order valence-electron chi connectivity index (χ3n) is 2.52. The van der Waals surface area contributed by atoms with E-state index >= 15 is 0 Å². The Labute approximate surface area is 98.3 Å². The molecular formula is C12H11N5. The number of rotatable bonds is 2. The summed E-state index contributed by atoms with van der Waals surface area (Å²) in [5, 5.41) is 12.4. The standard InChI is InChI=1S/C12H11N5/c1-16-8-7-11(15-16)12-14-13-9-17(12)10-5-3-2-4-6-10/h2-9H,1H3. The second-order valence-electron chi connectivity index (χ2n) is 3.73. The second-order valence-corrected chi connectivity index (χ2v) is 3.73. The maximum Gasteiger partial charge on any atom is 0.188 e. The van der Waals surface area contributed by atoms with Crippen molar-refractivity contribution in [3.05, 3.63) is 48.9 Å². The Bertz CT molecular complexity index is 623. The maximum absolute atomic E-state index is 4.33. The Morgan fingerprint density at radius 2 is 1.88 bits per heavy atom. The number of benzene rings is 1. The fraction of sp³-hybridized carbons (Fsp3) is 0.0833. The molecule has 17 heavy (non-hydrogen) atoms. The highest BCUT2D eigenvalue weighted by Gasteiger charge is 2.10. The molecule has 0 aliphatic carbocycles. The molecule has 0 radical (unpaired) electrons. The number of para-hydroxylation sites is 1. The zero-order valence-corrected chi connectivity index (χ0v) is 9.35. The van der Waals surface area contributed by atoms with E-state index in [0.29, 0.717) is 0 Å². The van der Waals surface area contributed by atoms with Crippen molar-refractivity contribution in [3.8, 4) is 17.2 Å². The predicted molar refractivity (Wildman–Crippen MR) is 63.6 cm³/mol. The third kappa shape index (κ3) is 1.71. The van der Waals surface area contributed by atoms with Crippen molar-refractivity contribution in [1.82, 2.24) is 24.5 Å². The zero-order valence-electron chi connectivity index (χ0n) is 9.35. The van der Waals surface area contributed by atoms with Crippen LogP contribution in [0.4, 0.5) is 0 Å². The number of hydrogen-bond acceptors (Lipinski definition) is 3. The van der Waals surface area contributed by atoms with E-state index in [1.807, 2.05) is 54.2 Å². The first kappa shape index (κ1) is 9.77. The summed E-state index contributed by atoms with van der Waals surface area (Å²) in [7, 11) is 1.88. The van der Waals surface area contributed by atoms with Crippen LogP contribution in [0.15, 0.2) is 48.9 Å². The van der Waals surface area contributed by atoms with Crippen LogP contribution in [-0.2, 0) is 7.05 Å². The fourth-order valence-electron chi connectivity index (χ4n) is 1.72. The molecule has 84 valence electrons. The van der Waals surface area contributed by atoms with E-state index in [1.165, 1.54) is 0 Å². The zero-order chi connectivity index (χ0) is 11.7. The largest absolute Gasteiger partial charge is 0.280 e. The Balaban J connectivity index is 2.12. The molecule has 0 aliphatic heterocycles. The summed E-state index contributed by atoms with van der Waals surface area (Å²) in [6, 6.07) is 11.9. The Morgan fingerprint density at radius 3 is 2.59 bits per heavy atom. The normalized spacial score (nSPS) is 10.6. The Hall–Kier alpha value is -2.43. The summed E-state index contributed by atoms with van der Waals surface area (Å²) < 4.78 is 3.67. The highest BCUT2D eigenvalue weighted by Crippen LogP contribution is 2.17. The summed E-state index contributed by atoms with van der Waals surface area (Å²) in [6.45, 7) is 0. The summed E-state index contributed by atoms with van der Waals surface area (Å²) >= 11 is 0. The van der Waals surface area contributed by atoms with Gasteiger partial charge in [0.25, 0.3) is 0 Å². The van der Waals surface area contributed by atoms with E-state index in [1.54, 1.807) is 11.0 Å². The lowest BCUT2D eigenvalue weighted by Crippen LogP contribution is -1.97. The molecule has 0 unspecified atom stereocenters. The summed E-state index contributed by atoms with van der Waals surface area (Å²) in [5.74, 6) is 0.747. The highest BCUT2D eigenvalue weighted by molar-refractivity contribution is 5.52. The van der Waals surface area contributed by atoms with Gasteiger partial charge in [-0.2, -0.15) is 5.10 Å². The van der Waals surface area contributed by atoms with Crippen LogP contribution < -0.4 is 0 Å². The van der Waals surface area contributed by atoms with E-state index < -0.39 is 0 Å². The lowest BCUT2D eigenvalue weighted by Gasteiger charge is -2.03. The lowest BCUT2D eigenvalue weighted by atomic mass is 10.3. The fourth-order valence-corrected chi connectivity index (χ4v) is 1.72. The van der Waals surface area contributed by atoms with Gasteiger partial charge in [-0.15, -0.1) is 10.2 Å². The monoisotopic (exact) mass is 225 g/mol. The molecule has 2 heterocycles. The van der Waals surface area contributed by atoms with Crippen LogP contribution in [0.5, 0.6) is 0 Å². The van der Waals surface area contributed by atoms with Crippen molar-refractivity contribution in [2.24, 2.45) is 7.05 Å². The van der Waals surface area contributed by atoms with Gasteiger partial charge in [-0.1, -0.05) is 18.2 Å². The first-order chi connectivity index (χ1) is 8.34. The molecule has 0 saturated carbocycles. The van der Waals surface area contributed by atoms with Crippen LogP contribution >= 0.6 is 0 Å². The molecule has 3 rings (SSSR count). The number of hydrogen-bond donors (Lipinski definition) is 0. The molecule has 0 spiro atoms. The van der Waals surface area contributed by atoms with E-state index in [2.05, 4.69) is 15.3 Å². The van der Waals surface area contributed by atoms with Crippen molar-refractivity contribution in [3.63, 3.8) is 0 Å². The molecule has 0 atom stereocenters. The summed E-state index contributed by atoms with van der Waals surface area (Å²) in [6.07, 6.45) is 3.58. The molecule has 0 aliphatic rings. The molecule has 5 nitrogen and oxygen atoms in total. The highest BCUT2D eigenvalue weighted by atomic mass is 15.3. The first-order valence-electron chi connectivity index (χ1n) is 5.30. The minimum absolute atomic E-state index is 0.747. The predicted octanol–water partition coefficient (Wildman–Crippen LogP) is 1.67. The molecule has 5 heteroatoms. The van der Waals surface area contributed by atoms with Gasteiger partial charge in [-0.05, 0) is 18.2 Å². The van der Waals surface area contributed by atoms with Gasteiger partial charge in [0.1, 0.15) is 12.0 Å². The third-order valence-corrected chi connectivity index (χ3v) is 2.52. The second kappa shape index (κ2) is 3.86. The molecule has 0 saturated heterocycles. The SMILES string of the molecule is Cn1ccc(-c2nncn2-c2ccccc2)n1. The van der Waals surface area contributed by atoms with Crippen molar-refractivity contribution < 1.29 is 0 Å². The van der Waals surface area contributed by atoms with E-state index in [-0.39, 0.29) is 0 Å². The van der Waals surface area contributed by atoms with Crippen molar-refractivity contribution >= 4 is 0 Å². The number of nitrogens with zero attached hydrogens (tertiary/aromatic N) is 5. The van der Waals surface area contributed by atoms with Crippen LogP contribution in [0.25, 0.3) is 17.2 Å². The maximum atomic E-state index is 4.33. The molecular weight excluding hydrogens is 214 g/mol. The molecule has 0 amide bonds. The minimum Gasteiger partial charge on any atom is -0.280 e. The molecule has 0 N–H and O–H groups in total. The van der Waals surface area contributed by atoms with E-state index in [4.69, 9.17) is 0 Å². The van der Waals surface area contributed by atoms with Gasteiger partial charge in [-0.3, -0.25) is 9.25 Å². The topological polar surface area (TPSA) is 48.5 Å². The van der Waals surface area contributed by atoms with Crippen molar-refractivity contribution in [2.45, 2.75) is 0 Å². The van der Waals surface area contributed by atoms with Crippen LogP contribution in [0.3, 0.4) is 0 Å². The quantitative estimate of drug-likeness (QED) is 0.666. The molecule has 1 aromatic carbocycles. The van der Waals surface area contributed by atoms with Crippen molar-refractivity contribution in [1.29, 1.82) is 0 Å². The van der Waals surface area contributed by atoms with Gasteiger partial charge in [-0.25, -0.2) is 0 Å². The van der Waals surface area contributed by atoms with Crippen LogP contribution in [0.2, 0.25) is 0 Å². The lowest BCUT2D eigenvalue weighted by molar-refractivity contribution is 0.767. The Kier molecular flexibility index (Phi) is 2.22. The molecule has 3 aromatic rings. The van der Waals surface area contributed by atoms with E-state index in [0.717, 1.165) is 17.2 Å². The molecule has 0 fully saturated rings. The average molecular weight is 225 g/mol. The van der Waals surface area contributed by atoms with Crippen LogP contribution in [0.1, 0.15) is 0 Å². The smallest absolute Gasteiger partial charge is 0.188 e. The van der Waals surface area contributed by atoms with Gasteiger partial charge in [0.2, 0.25) is 0 Å². The molecule has 0 bridgehead atoms. The summed E-state index contributed by atoms with van der Waals surface area (Å²) in [5.41, 5.74) is 1.84.